The van der Waals surface area contributed by atoms with Crippen molar-refractivity contribution in [1.29, 1.82) is 0 Å². The van der Waals surface area contributed by atoms with Crippen LogP contribution in [0.15, 0.2) is 36.7 Å². The molecule has 0 spiro atoms. The SMILES string of the molecule is CCCCCc1cnc(-c2ccc(C(=O)CCCCC(C)CC)cc2)nc1. The molecule has 1 unspecified atom stereocenters. The van der Waals surface area contributed by atoms with E-state index in [-0.39, 0.29) is 5.78 Å². The van der Waals surface area contributed by atoms with Crippen molar-refractivity contribution in [2.45, 2.75) is 78.6 Å². The van der Waals surface area contributed by atoms with Crippen molar-refractivity contribution in [3.05, 3.63) is 47.8 Å². The summed E-state index contributed by atoms with van der Waals surface area (Å²) in [6.07, 6.45) is 13.7. The highest BCUT2D eigenvalue weighted by Gasteiger charge is 2.08. The lowest BCUT2D eigenvalue weighted by molar-refractivity contribution is 0.0978. The Hall–Kier alpha value is -2.03. The molecule has 0 radical (unpaired) electrons. The summed E-state index contributed by atoms with van der Waals surface area (Å²) in [6.45, 7) is 6.71. The van der Waals surface area contributed by atoms with Crippen molar-refractivity contribution in [1.82, 2.24) is 9.97 Å². The van der Waals surface area contributed by atoms with Crippen LogP contribution in [-0.2, 0) is 6.42 Å². The van der Waals surface area contributed by atoms with Crippen LogP contribution in [0.25, 0.3) is 11.4 Å². The number of carbonyl (C=O) groups excluding carboxylic acids is 1. The van der Waals surface area contributed by atoms with Crippen molar-refractivity contribution in [2.75, 3.05) is 0 Å². The first kappa shape index (κ1) is 21.3. The third-order valence-corrected chi connectivity index (χ3v) is 5.29. The predicted molar refractivity (Wildman–Crippen MR) is 113 cm³/mol. The Morgan fingerprint density at radius 1 is 0.963 bits per heavy atom. The van der Waals surface area contributed by atoms with E-state index < -0.39 is 0 Å². The van der Waals surface area contributed by atoms with Gasteiger partial charge in [0, 0.05) is 29.9 Å². The molecule has 2 rings (SSSR count). The van der Waals surface area contributed by atoms with Crippen LogP contribution < -0.4 is 0 Å². The minimum atomic E-state index is 0.234. The second-order valence-corrected chi connectivity index (χ2v) is 7.63. The molecular weight excluding hydrogens is 332 g/mol. The van der Waals surface area contributed by atoms with Gasteiger partial charge in [0.1, 0.15) is 0 Å². The maximum atomic E-state index is 12.3. The maximum Gasteiger partial charge on any atom is 0.162 e. The van der Waals surface area contributed by atoms with Gasteiger partial charge >= 0.3 is 0 Å². The van der Waals surface area contributed by atoms with Gasteiger partial charge in [0.15, 0.2) is 11.6 Å². The fraction of sp³-hybridized carbons (Fsp3) is 0.542. The number of nitrogens with zero attached hydrogens (tertiary/aromatic N) is 2. The third kappa shape index (κ3) is 7.24. The Kier molecular flexibility index (Phi) is 9.17. The first-order valence-electron chi connectivity index (χ1n) is 10.6. The second-order valence-electron chi connectivity index (χ2n) is 7.63. The Morgan fingerprint density at radius 3 is 2.30 bits per heavy atom. The average molecular weight is 367 g/mol. The summed E-state index contributed by atoms with van der Waals surface area (Å²) in [6, 6.07) is 7.73. The number of hydrogen-bond donors (Lipinski definition) is 0. The van der Waals surface area contributed by atoms with Gasteiger partial charge in [-0.25, -0.2) is 9.97 Å². The Labute approximate surface area is 164 Å². The van der Waals surface area contributed by atoms with Gasteiger partial charge in [0.25, 0.3) is 0 Å². The molecule has 27 heavy (non-hydrogen) atoms. The molecule has 0 N–H and O–H groups in total. The summed E-state index contributed by atoms with van der Waals surface area (Å²) in [5.74, 6) is 1.72. The molecule has 0 aliphatic heterocycles. The van der Waals surface area contributed by atoms with Crippen LogP contribution in [0.3, 0.4) is 0 Å². The number of benzene rings is 1. The zero-order chi connectivity index (χ0) is 19.5. The lowest BCUT2D eigenvalue weighted by atomic mass is 9.98. The van der Waals surface area contributed by atoms with Crippen molar-refractivity contribution < 1.29 is 4.79 Å². The van der Waals surface area contributed by atoms with Crippen LogP contribution in [0.2, 0.25) is 0 Å². The van der Waals surface area contributed by atoms with Gasteiger partial charge in [-0.15, -0.1) is 0 Å². The van der Waals surface area contributed by atoms with Crippen LogP contribution in [0.1, 0.15) is 88.1 Å². The molecule has 2 aromatic rings. The fourth-order valence-corrected chi connectivity index (χ4v) is 3.14. The summed E-state index contributed by atoms with van der Waals surface area (Å²) >= 11 is 0. The van der Waals surface area contributed by atoms with E-state index in [9.17, 15) is 4.79 Å². The normalized spacial score (nSPS) is 12.1. The van der Waals surface area contributed by atoms with E-state index in [1.54, 1.807) is 0 Å². The van der Waals surface area contributed by atoms with Gasteiger partial charge in [-0.3, -0.25) is 4.79 Å². The van der Waals surface area contributed by atoms with E-state index in [1.165, 1.54) is 37.7 Å². The van der Waals surface area contributed by atoms with Gasteiger partial charge < -0.3 is 0 Å². The molecule has 1 atom stereocenters. The van der Waals surface area contributed by atoms with Crippen LogP contribution in [-0.4, -0.2) is 15.8 Å². The van der Waals surface area contributed by atoms with E-state index in [1.807, 2.05) is 36.7 Å². The third-order valence-electron chi connectivity index (χ3n) is 5.29. The first-order valence-corrected chi connectivity index (χ1v) is 10.6. The van der Waals surface area contributed by atoms with Crippen molar-refractivity contribution in [3.63, 3.8) is 0 Å². The van der Waals surface area contributed by atoms with Crippen LogP contribution >= 0.6 is 0 Å². The summed E-state index contributed by atoms with van der Waals surface area (Å²) in [7, 11) is 0. The molecule has 146 valence electrons. The fourth-order valence-electron chi connectivity index (χ4n) is 3.14. The molecule has 0 saturated heterocycles. The number of unbranched alkanes of at least 4 members (excludes halogenated alkanes) is 3. The minimum absolute atomic E-state index is 0.234. The van der Waals surface area contributed by atoms with Gasteiger partial charge in [-0.2, -0.15) is 0 Å². The zero-order valence-corrected chi connectivity index (χ0v) is 17.2. The van der Waals surface area contributed by atoms with Crippen molar-refractivity contribution >= 4 is 5.78 Å². The Bertz CT molecular complexity index is 677. The largest absolute Gasteiger partial charge is 0.294 e. The van der Waals surface area contributed by atoms with Crippen LogP contribution in [0.5, 0.6) is 0 Å². The molecular formula is C24H34N2O. The lowest BCUT2D eigenvalue weighted by Crippen LogP contribution is -2.00. The number of rotatable bonds is 12. The Balaban J connectivity index is 1.86. The van der Waals surface area contributed by atoms with Crippen LogP contribution in [0, 0.1) is 5.92 Å². The highest BCUT2D eigenvalue weighted by Crippen LogP contribution is 2.18. The van der Waals surface area contributed by atoms with Gasteiger partial charge in [0.2, 0.25) is 0 Å². The van der Waals surface area contributed by atoms with E-state index in [2.05, 4.69) is 30.7 Å². The molecule has 1 heterocycles. The van der Waals surface area contributed by atoms with E-state index in [4.69, 9.17) is 0 Å². The van der Waals surface area contributed by atoms with Gasteiger partial charge in [-0.05, 0) is 30.7 Å². The molecule has 1 aromatic carbocycles. The maximum absolute atomic E-state index is 12.3. The highest BCUT2D eigenvalue weighted by atomic mass is 16.1. The summed E-state index contributed by atoms with van der Waals surface area (Å²) in [5.41, 5.74) is 2.94. The van der Waals surface area contributed by atoms with Crippen molar-refractivity contribution in [2.24, 2.45) is 5.92 Å². The zero-order valence-electron chi connectivity index (χ0n) is 17.2. The van der Waals surface area contributed by atoms with E-state index in [0.29, 0.717) is 6.42 Å². The molecule has 0 aliphatic rings. The topological polar surface area (TPSA) is 42.9 Å². The monoisotopic (exact) mass is 366 g/mol. The smallest absolute Gasteiger partial charge is 0.162 e. The molecule has 0 bridgehead atoms. The molecule has 0 fully saturated rings. The predicted octanol–water partition coefficient (Wildman–Crippen LogP) is 6.67. The van der Waals surface area contributed by atoms with Gasteiger partial charge in [-0.1, -0.05) is 77.1 Å². The molecule has 3 nitrogen and oxygen atoms in total. The number of carbonyl (C=O) groups is 1. The summed E-state index contributed by atoms with van der Waals surface area (Å²) in [5, 5.41) is 0. The van der Waals surface area contributed by atoms with Gasteiger partial charge in [0.05, 0.1) is 0 Å². The lowest BCUT2D eigenvalue weighted by Gasteiger charge is -2.07. The first-order chi connectivity index (χ1) is 13.1. The molecule has 3 heteroatoms. The van der Waals surface area contributed by atoms with Crippen molar-refractivity contribution in [3.8, 4) is 11.4 Å². The number of aromatic nitrogens is 2. The molecule has 0 aliphatic carbocycles. The minimum Gasteiger partial charge on any atom is -0.294 e. The second kappa shape index (κ2) is 11.6. The standard InChI is InChI=1S/C24H34N2O/c1-4-6-7-11-20-17-25-24(26-18-20)22-15-13-21(14-16-22)23(27)12-9-8-10-19(3)5-2/h13-19H,4-12H2,1-3H3. The number of hydrogen-bond acceptors (Lipinski definition) is 3. The number of aryl methyl sites for hydroxylation is 1. The highest BCUT2D eigenvalue weighted by molar-refractivity contribution is 5.96. The Morgan fingerprint density at radius 2 is 1.67 bits per heavy atom. The van der Waals surface area contributed by atoms with E-state index in [0.717, 1.165) is 42.1 Å². The molecule has 0 amide bonds. The average Bonchev–Trinajstić information content (AvgIpc) is 2.71. The molecule has 0 saturated carbocycles. The van der Waals surface area contributed by atoms with Crippen LogP contribution in [0.4, 0.5) is 0 Å². The van der Waals surface area contributed by atoms with E-state index >= 15 is 0 Å². The quantitative estimate of drug-likeness (QED) is 0.311. The number of ketones is 1. The summed E-state index contributed by atoms with van der Waals surface area (Å²) < 4.78 is 0. The summed E-state index contributed by atoms with van der Waals surface area (Å²) in [4.78, 5) is 21.3. The molecule has 1 aromatic heterocycles. The number of Topliss-reactive ketones (excluding diaryl/α,β-unsaturated/α-hetero) is 1.